The van der Waals surface area contributed by atoms with Crippen LogP contribution in [0.1, 0.15) is 54.7 Å². The summed E-state index contributed by atoms with van der Waals surface area (Å²) in [7, 11) is 0. The van der Waals surface area contributed by atoms with Crippen LogP contribution in [0, 0.1) is 12.8 Å². The van der Waals surface area contributed by atoms with Gasteiger partial charge in [-0.05, 0) is 55.2 Å². The molecule has 0 spiro atoms. The highest BCUT2D eigenvalue weighted by molar-refractivity contribution is 6.16. The molecule has 0 aliphatic carbocycles. The van der Waals surface area contributed by atoms with Crippen LogP contribution in [-0.4, -0.2) is 29.4 Å². The van der Waals surface area contributed by atoms with Crippen molar-refractivity contribution in [3.05, 3.63) is 76.6 Å². The van der Waals surface area contributed by atoms with Crippen LogP contribution in [-0.2, 0) is 14.3 Å². The van der Waals surface area contributed by atoms with Crippen LogP contribution in [0.4, 0.5) is 5.69 Å². The predicted octanol–water partition coefficient (Wildman–Crippen LogP) is 4.69. The Morgan fingerprint density at radius 2 is 1.74 bits per heavy atom. The number of aryl methyl sites for hydroxylation is 1. The molecule has 0 radical (unpaired) electrons. The Bertz CT molecular complexity index is 1040. The van der Waals surface area contributed by atoms with Crippen molar-refractivity contribution in [2.24, 2.45) is 5.92 Å². The van der Waals surface area contributed by atoms with Crippen LogP contribution < -0.4 is 4.90 Å². The lowest BCUT2D eigenvalue weighted by Crippen LogP contribution is -2.31. The smallest absolute Gasteiger partial charge is 0.338 e. The number of hydrogen-bond donors (Lipinski definition) is 1. The monoisotopic (exact) mass is 421 g/mol. The van der Waals surface area contributed by atoms with E-state index in [1.807, 2.05) is 45.0 Å². The summed E-state index contributed by atoms with van der Waals surface area (Å²) in [4.78, 5) is 39.5. The molecule has 1 aliphatic rings. The molecule has 31 heavy (non-hydrogen) atoms. The van der Waals surface area contributed by atoms with Gasteiger partial charge in [0.1, 0.15) is 0 Å². The quantitative estimate of drug-likeness (QED) is 0.656. The molecule has 0 fully saturated rings. The second kappa shape index (κ2) is 9.16. The van der Waals surface area contributed by atoms with Gasteiger partial charge in [-0.1, -0.05) is 38.1 Å². The van der Waals surface area contributed by atoms with Crippen LogP contribution >= 0.6 is 0 Å². The average molecular weight is 421 g/mol. The predicted molar refractivity (Wildman–Crippen MR) is 118 cm³/mol. The second-order valence-corrected chi connectivity index (χ2v) is 7.99. The molecule has 1 heterocycles. The van der Waals surface area contributed by atoms with E-state index in [1.54, 1.807) is 31.2 Å². The number of esters is 1. The van der Waals surface area contributed by atoms with Crippen molar-refractivity contribution in [3.8, 4) is 0 Å². The lowest BCUT2D eigenvalue weighted by Gasteiger charge is -2.28. The highest BCUT2D eigenvalue weighted by Gasteiger charge is 2.44. The molecule has 0 saturated carbocycles. The van der Waals surface area contributed by atoms with Crippen molar-refractivity contribution in [3.63, 3.8) is 0 Å². The van der Waals surface area contributed by atoms with Gasteiger partial charge in [0.05, 0.1) is 23.8 Å². The summed E-state index contributed by atoms with van der Waals surface area (Å²) in [5, 5.41) is 10.7. The number of carbonyl (C=O) groups excluding carboxylic acids is 3. The minimum Gasteiger partial charge on any atom is -0.503 e. The summed E-state index contributed by atoms with van der Waals surface area (Å²) >= 11 is 0. The Hall–Kier alpha value is -3.41. The lowest BCUT2D eigenvalue weighted by molar-refractivity contribution is -0.118. The third-order valence-electron chi connectivity index (χ3n) is 5.24. The van der Waals surface area contributed by atoms with Gasteiger partial charge in [-0.2, -0.15) is 0 Å². The van der Waals surface area contributed by atoms with E-state index in [9.17, 15) is 19.5 Å². The van der Waals surface area contributed by atoms with E-state index >= 15 is 0 Å². The van der Waals surface area contributed by atoms with E-state index in [4.69, 9.17) is 4.74 Å². The number of ether oxygens (including phenoxy) is 1. The fourth-order valence-corrected chi connectivity index (χ4v) is 3.80. The fraction of sp³-hybridized carbons (Fsp3) is 0.320. The Morgan fingerprint density at radius 3 is 2.32 bits per heavy atom. The van der Waals surface area contributed by atoms with Gasteiger partial charge in [0.25, 0.3) is 5.91 Å². The zero-order valence-electron chi connectivity index (χ0n) is 18.2. The highest BCUT2D eigenvalue weighted by Crippen LogP contribution is 2.42. The van der Waals surface area contributed by atoms with Crippen LogP contribution in [0.2, 0.25) is 0 Å². The Balaban J connectivity index is 2.09. The van der Waals surface area contributed by atoms with Gasteiger partial charge < -0.3 is 9.84 Å². The number of amides is 1. The average Bonchev–Trinajstić information content (AvgIpc) is 2.99. The number of nitrogens with zero attached hydrogens (tertiary/aromatic N) is 1. The number of hydrogen-bond acceptors (Lipinski definition) is 5. The summed E-state index contributed by atoms with van der Waals surface area (Å²) in [5.41, 5.74) is 2.62. The Morgan fingerprint density at radius 1 is 1.10 bits per heavy atom. The van der Waals surface area contributed by atoms with Crippen LogP contribution in [0.5, 0.6) is 0 Å². The standard InChI is InChI=1S/C25H27NO5/c1-5-31-25(30)17-10-12-18(13-11-17)26-22(19-9-7-6-8-16(19)4)21(23(28)24(26)29)20(27)14-15(2)3/h6-13,15,22,28H,5,14H2,1-4H3. The van der Waals surface area contributed by atoms with E-state index in [1.165, 1.54) is 4.90 Å². The summed E-state index contributed by atoms with van der Waals surface area (Å²) in [6.07, 6.45) is 0.227. The largest absolute Gasteiger partial charge is 0.503 e. The maximum atomic E-state index is 13.1. The molecule has 6 heteroatoms. The molecule has 2 aromatic rings. The maximum Gasteiger partial charge on any atom is 0.338 e. The molecule has 6 nitrogen and oxygen atoms in total. The van der Waals surface area contributed by atoms with E-state index in [0.29, 0.717) is 11.3 Å². The van der Waals surface area contributed by atoms with Crippen LogP contribution in [0.25, 0.3) is 0 Å². The molecule has 0 saturated heterocycles. The van der Waals surface area contributed by atoms with E-state index < -0.39 is 23.7 Å². The molecular formula is C25H27NO5. The molecule has 1 amide bonds. The Labute approximate surface area is 182 Å². The van der Waals surface area contributed by atoms with Crippen molar-refractivity contribution in [2.45, 2.75) is 40.2 Å². The normalized spacial score (nSPS) is 16.2. The first kappa shape index (κ1) is 22.3. The van der Waals surface area contributed by atoms with Crippen molar-refractivity contribution in [1.82, 2.24) is 0 Å². The molecule has 0 bridgehead atoms. The minimum absolute atomic E-state index is 0.0818. The molecule has 0 aromatic heterocycles. The first-order valence-electron chi connectivity index (χ1n) is 10.4. The van der Waals surface area contributed by atoms with E-state index in [0.717, 1.165) is 11.1 Å². The van der Waals surface area contributed by atoms with Gasteiger partial charge >= 0.3 is 5.97 Å². The summed E-state index contributed by atoms with van der Waals surface area (Å²) in [6.45, 7) is 7.73. The number of benzene rings is 2. The molecule has 3 rings (SSSR count). The maximum absolute atomic E-state index is 13.1. The minimum atomic E-state index is -0.742. The van der Waals surface area contributed by atoms with Crippen LogP contribution in [0.3, 0.4) is 0 Å². The number of anilines is 1. The van der Waals surface area contributed by atoms with Gasteiger partial charge in [0.15, 0.2) is 11.5 Å². The van der Waals surface area contributed by atoms with Gasteiger partial charge in [-0.15, -0.1) is 0 Å². The second-order valence-electron chi connectivity index (χ2n) is 7.99. The number of aliphatic hydroxyl groups excluding tert-OH is 1. The SMILES string of the molecule is CCOC(=O)c1ccc(N2C(=O)C(O)=C(C(=O)CC(C)C)C2c2ccccc2C)cc1. The van der Waals surface area contributed by atoms with E-state index in [2.05, 4.69) is 0 Å². The number of carbonyl (C=O) groups is 3. The lowest BCUT2D eigenvalue weighted by atomic mass is 9.90. The van der Waals surface area contributed by atoms with Gasteiger partial charge in [0, 0.05) is 12.1 Å². The van der Waals surface area contributed by atoms with Crippen LogP contribution in [0.15, 0.2) is 59.9 Å². The zero-order valence-corrected chi connectivity index (χ0v) is 18.2. The first-order valence-corrected chi connectivity index (χ1v) is 10.4. The van der Waals surface area contributed by atoms with Gasteiger partial charge in [-0.3, -0.25) is 14.5 Å². The number of aliphatic hydroxyl groups is 1. The van der Waals surface area contributed by atoms with Gasteiger partial charge in [0.2, 0.25) is 0 Å². The van der Waals surface area contributed by atoms with Gasteiger partial charge in [-0.25, -0.2) is 4.79 Å². The fourth-order valence-electron chi connectivity index (χ4n) is 3.80. The molecule has 1 N–H and O–H groups in total. The summed E-state index contributed by atoms with van der Waals surface area (Å²) in [5.74, 6) is -1.78. The number of ketones is 1. The topological polar surface area (TPSA) is 83.9 Å². The first-order chi connectivity index (χ1) is 14.8. The molecule has 1 atom stereocenters. The zero-order chi connectivity index (χ0) is 22.7. The van der Waals surface area contributed by atoms with Crippen molar-refractivity contribution < 1.29 is 24.2 Å². The molecule has 162 valence electrons. The molecule has 1 aliphatic heterocycles. The molecular weight excluding hydrogens is 394 g/mol. The van der Waals surface area contributed by atoms with E-state index in [-0.39, 0.29) is 30.3 Å². The number of Topliss-reactive ketones (excluding diaryl/α,β-unsaturated/α-hetero) is 1. The Kier molecular flexibility index (Phi) is 6.59. The van der Waals surface area contributed by atoms with Crippen molar-refractivity contribution >= 4 is 23.3 Å². The summed E-state index contributed by atoms with van der Waals surface area (Å²) in [6, 6.07) is 13.1. The molecule has 2 aromatic carbocycles. The van der Waals surface area contributed by atoms with Crippen molar-refractivity contribution in [1.29, 1.82) is 0 Å². The number of rotatable bonds is 7. The highest BCUT2D eigenvalue weighted by atomic mass is 16.5. The third kappa shape index (κ3) is 4.38. The third-order valence-corrected chi connectivity index (χ3v) is 5.24. The molecule has 1 unspecified atom stereocenters. The summed E-state index contributed by atoms with van der Waals surface area (Å²) < 4.78 is 5.01. The van der Waals surface area contributed by atoms with Crippen molar-refractivity contribution in [2.75, 3.05) is 11.5 Å².